The average molecular weight is 310 g/mol. The first-order chi connectivity index (χ1) is 8.58. The summed E-state index contributed by atoms with van der Waals surface area (Å²) >= 11 is 3.38. The number of hydrogen-bond acceptors (Lipinski definition) is 3. The van der Waals surface area contributed by atoms with Crippen molar-refractivity contribution < 1.29 is 5.11 Å². The highest BCUT2D eigenvalue weighted by molar-refractivity contribution is 9.10. The van der Waals surface area contributed by atoms with Crippen molar-refractivity contribution >= 4 is 15.9 Å². The number of halogens is 1. The van der Waals surface area contributed by atoms with E-state index in [4.69, 9.17) is 0 Å². The van der Waals surface area contributed by atoms with Crippen molar-refractivity contribution in [2.75, 3.05) is 0 Å². The van der Waals surface area contributed by atoms with Crippen molar-refractivity contribution in [3.05, 3.63) is 46.7 Å². The summed E-state index contributed by atoms with van der Waals surface area (Å²) in [5.41, 5.74) is 1.83. The van der Waals surface area contributed by atoms with Crippen molar-refractivity contribution in [3.8, 4) is 0 Å². The number of rotatable bonds is 4. The van der Waals surface area contributed by atoms with E-state index in [9.17, 15) is 5.11 Å². The van der Waals surface area contributed by atoms with Gasteiger partial charge >= 0.3 is 0 Å². The second-order valence-electron chi connectivity index (χ2n) is 4.55. The second kappa shape index (κ2) is 5.63. The largest absolute Gasteiger partial charge is 0.386 e. The lowest BCUT2D eigenvalue weighted by atomic mass is 10.1. The van der Waals surface area contributed by atoms with Crippen molar-refractivity contribution in [2.45, 2.75) is 32.4 Å². The third-order valence-corrected chi connectivity index (χ3v) is 3.22. The van der Waals surface area contributed by atoms with Crippen molar-refractivity contribution in [1.29, 1.82) is 0 Å². The van der Waals surface area contributed by atoms with Crippen LogP contribution in [0, 0.1) is 0 Å². The molecule has 5 heteroatoms. The number of aliphatic hydroxyl groups is 1. The monoisotopic (exact) mass is 309 g/mol. The zero-order chi connectivity index (χ0) is 13.1. The molecule has 1 N–H and O–H groups in total. The van der Waals surface area contributed by atoms with Crippen molar-refractivity contribution in [1.82, 2.24) is 14.5 Å². The molecular weight excluding hydrogens is 294 g/mol. The van der Waals surface area contributed by atoms with E-state index < -0.39 is 6.10 Å². The summed E-state index contributed by atoms with van der Waals surface area (Å²) in [7, 11) is 0. The molecule has 1 unspecified atom stereocenters. The van der Waals surface area contributed by atoms with Crippen LogP contribution in [0.3, 0.4) is 0 Å². The smallest absolute Gasteiger partial charge is 0.0996 e. The second-order valence-corrected chi connectivity index (χ2v) is 5.47. The lowest BCUT2D eigenvalue weighted by Crippen LogP contribution is -2.11. The van der Waals surface area contributed by atoms with E-state index >= 15 is 0 Å². The molecule has 0 saturated heterocycles. The van der Waals surface area contributed by atoms with Crippen LogP contribution < -0.4 is 0 Å². The average Bonchev–Trinajstić information content (AvgIpc) is 2.77. The maximum Gasteiger partial charge on any atom is 0.0996 e. The van der Waals surface area contributed by atoms with Gasteiger partial charge in [-0.25, -0.2) is 4.98 Å². The van der Waals surface area contributed by atoms with E-state index in [0.29, 0.717) is 6.42 Å². The quantitative estimate of drug-likeness (QED) is 0.944. The van der Waals surface area contributed by atoms with Gasteiger partial charge in [0.1, 0.15) is 0 Å². The Morgan fingerprint density at radius 2 is 2.06 bits per heavy atom. The Labute approximate surface area is 115 Å². The van der Waals surface area contributed by atoms with E-state index in [-0.39, 0.29) is 6.04 Å². The molecule has 0 bridgehead atoms. The summed E-state index contributed by atoms with van der Waals surface area (Å²) in [6, 6.07) is 2.25. The normalized spacial score (nSPS) is 12.9. The Bertz CT molecular complexity index is 524. The molecule has 2 aromatic rings. The summed E-state index contributed by atoms with van der Waals surface area (Å²) in [5, 5.41) is 10.3. The molecule has 2 aromatic heterocycles. The third-order valence-electron chi connectivity index (χ3n) is 2.78. The molecule has 2 rings (SSSR count). The zero-order valence-corrected chi connectivity index (χ0v) is 12.0. The third kappa shape index (κ3) is 2.97. The molecule has 0 aliphatic carbocycles. The van der Waals surface area contributed by atoms with E-state index in [2.05, 4.69) is 39.7 Å². The Hall–Kier alpha value is -1.20. The van der Waals surface area contributed by atoms with Gasteiger partial charge < -0.3 is 9.67 Å². The van der Waals surface area contributed by atoms with Gasteiger partial charge in [0.05, 0.1) is 24.3 Å². The van der Waals surface area contributed by atoms with E-state index in [1.54, 1.807) is 24.9 Å². The molecule has 0 aromatic carbocycles. The number of aliphatic hydroxyl groups excluding tert-OH is 1. The first kappa shape index (κ1) is 13.2. The van der Waals surface area contributed by atoms with Gasteiger partial charge in [-0.15, -0.1) is 0 Å². The molecule has 0 saturated carbocycles. The molecule has 18 heavy (non-hydrogen) atoms. The minimum Gasteiger partial charge on any atom is -0.386 e. The molecule has 2 heterocycles. The fraction of sp³-hybridized carbons (Fsp3) is 0.385. The lowest BCUT2D eigenvalue weighted by molar-refractivity contribution is 0.167. The van der Waals surface area contributed by atoms with Gasteiger partial charge in [-0.05, 0) is 41.4 Å². The summed E-state index contributed by atoms with van der Waals surface area (Å²) < 4.78 is 2.90. The Balaban J connectivity index is 2.17. The Morgan fingerprint density at radius 1 is 1.28 bits per heavy atom. The molecule has 4 nitrogen and oxygen atoms in total. The van der Waals surface area contributed by atoms with Gasteiger partial charge in [-0.2, -0.15) is 0 Å². The van der Waals surface area contributed by atoms with Gasteiger partial charge in [-0.1, -0.05) is 0 Å². The predicted octanol–water partition coefficient (Wildman–Crippen LogP) is 2.90. The molecule has 96 valence electrons. The van der Waals surface area contributed by atoms with Gasteiger partial charge in [0, 0.05) is 29.3 Å². The SMILES string of the molecule is CC(C)n1cncc1C(O)Cc1cncc(Br)c1. The highest BCUT2D eigenvalue weighted by Crippen LogP contribution is 2.21. The highest BCUT2D eigenvalue weighted by atomic mass is 79.9. The minimum atomic E-state index is -0.564. The highest BCUT2D eigenvalue weighted by Gasteiger charge is 2.15. The molecular formula is C13H16BrN3O. The fourth-order valence-corrected chi connectivity index (χ4v) is 2.31. The molecule has 0 spiro atoms. The predicted molar refractivity (Wildman–Crippen MR) is 73.2 cm³/mol. The van der Waals surface area contributed by atoms with Crippen LogP contribution in [0.1, 0.15) is 37.3 Å². The first-order valence-corrected chi connectivity index (χ1v) is 6.66. The lowest BCUT2D eigenvalue weighted by Gasteiger charge is -2.16. The Morgan fingerprint density at radius 3 is 2.72 bits per heavy atom. The minimum absolute atomic E-state index is 0.290. The van der Waals surface area contributed by atoms with E-state index in [0.717, 1.165) is 15.7 Å². The van der Waals surface area contributed by atoms with Gasteiger partial charge in [-0.3, -0.25) is 4.98 Å². The van der Waals surface area contributed by atoms with Crippen LogP contribution in [-0.2, 0) is 6.42 Å². The van der Waals surface area contributed by atoms with Crippen molar-refractivity contribution in [3.63, 3.8) is 0 Å². The maximum absolute atomic E-state index is 10.3. The number of imidazole rings is 1. The van der Waals surface area contributed by atoms with Crippen LogP contribution in [0.4, 0.5) is 0 Å². The summed E-state index contributed by atoms with van der Waals surface area (Å²) in [6.45, 7) is 4.14. The van der Waals surface area contributed by atoms with E-state index in [1.807, 2.05) is 10.6 Å². The molecule has 0 aliphatic rings. The molecule has 0 aliphatic heterocycles. The summed E-state index contributed by atoms with van der Waals surface area (Å²) in [6.07, 6.45) is 6.94. The number of nitrogens with zero attached hydrogens (tertiary/aromatic N) is 3. The van der Waals surface area contributed by atoms with Crippen LogP contribution >= 0.6 is 15.9 Å². The van der Waals surface area contributed by atoms with Gasteiger partial charge in [0.15, 0.2) is 0 Å². The summed E-state index contributed by atoms with van der Waals surface area (Å²) in [4.78, 5) is 8.20. The van der Waals surface area contributed by atoms with Crippen LogP contribution in [-0.4, -0.2) is 19.6 Å². The van der Waals surface area contributed by atoms with Crippen molar-refractivity contribution in [2.24, 2.45) is 0 Å². The number of pyridine rings is 1. The molecule has 1 atom stereocenters. The topological polar surface area (TPSA) is 50.9 Å². The fourth-order valence-electron chi connectivity index (χ4n) is 1.90. The number of aromatic nitrogens is 3. The molecule has 0 radical (unpaired) electrons. The first-order valence-electron chi connectivity index (χ1n) is 5.87. The van der Waals surface area contributed by atoms with Gasteiger partial charge in [0.25, 0.3) is 0 Å². The standard InChI is InChI=1S/C13H16BrN3O/c1-9(2)17-8-16-7-12(17)13(18)4-10-3-11(14)6-15-5-10/h3,5-9,13,18H,4H2,1-2H3. The van der Waals surface area contributed by atoms with Gasteiger partial charge in [0.2, 0.25) is 0 Å². The molecule has 0 fully saturated rings. The van der Waals surface area contributed by atoms with Crippen LogP contribution in [0.15, 0.2) is 35.5 Å². The summed E-state index contributed by atoms with van der Waals surface area (Å²) in [5.74, 6) is 0. The Kier molecular flexibility index (Phi) is 4.14. The van der Waals surface area contributed by atoms with Crippen LogP contribution in [0.5, 0.6) is 0 Å². The van der Waals surface area contributed by atoms with Crippen LogP contribution in [0.25, 0.3) is 0 Å². The maximum atomic E-state index is 10.3. The van der Waals surface area contributed by atoms with Crippen LogP contribution in [0.2, 0.25) is 0 Å². The molecule has 0 amide bonds. The van der Waals surface area contributed by atoms with E-state index in [1.165, 1.54) is 0 Å². The zero-order valence-electron chi connectivity index (χ0n) is 10.4. The number of hydrogen-bond donors (Lipinski definition) is 1.